The van der Waals surface area contributed by atoms with Gasteiger partial charge in [0.1, 0.15) is 0 Å². The molecule has 30 heavy (non-hydrogen) atoms. The molecule has 0 spiro atoms. The second-order valence-corrected chi connectivity index (χ2v) is 8.89. The topological polar surface area (TPSA) is 79.6 Å². The summed E-state index contributed by atoms with van der Waals surface area (Å²) in [7, 11) is 0. The highest BCUT2D eigenvalue weighted by atomic mass is 35.5. The molecule has 1 amide bonds. The quantitative estimate of drug-likeness (QED) is 0.629. The fourth-order valence-electron chi connectivity index (χ4n) is 3.67. The average molecular weight is 446 g/mol. The Kier molecular flexibility index (Phi) is 6.34. The molecule has 4 rings (SSSR count). The van der Waals surface area contributed by atoms with Crippen molar-refractivity contribution in [2.24, 2.45) is 5.92 Å². The number of fused-ring (bicyclic) bond motifs is 1. The van der Waals surface area contributed by atoms with Gasteiger partial charge < -0.3 is 10.2 Å². The molecule has 0 atom stereocenters. The third-order valence-electron chi connectivity index (χ3n) is 5.29. The van der Waals surface area contributed by atoms with Gasteiger partial charge in [-0.1, -0.05) is 48.4 Å². The number of carbonyl (C=O) groups excluding carboxylic acids is 1. The molecule has 1 aliphatic rings. The molecular weight excluding hydrogens is 422 g/mol. The lowest BCUT2D eigenvalue weighted by atomic mass is 9.96. The third-order valence-corrected chi connectivity index (χ3v) is 6.49. The van der Waals surface area contributed by atoms with Crippen molar-refractivity contribution in [2.75, 3.05) is 18.0 Å². The first-order valence-corrected chi connectivity index (χ1v) is 11.4. The standard InChI is InChI=1S/C21H24ClN5O2S/c1-2-4-17-12-18(28)27-20(24-17)30-21(25-27)26-9-7-15(8-10-26)19(29)23-13-14-5-3-6-16(22)11-14/h3,5-6,11-12,15H,2,4,7-10,13H2,1H3,(H,23,29). The SMILES string of the molecule is CCCc1cc(=O)n2nc(N3CCC(C(=O)NCc4cccc(Cl)c4)CC3)sc2n1. The maximum Gasteiger partial charge on any atom is 0.275 e. The van der Waals surface area contributed by atoms with Crippen LogP contribution in [-0.2, 0) is 17.8 Å². The zero-order valence-electron chi connectivity index (χ0n) is 16.8. The molecular formula is C21H24ClN5O2S. The number of nitrogens with one attached hydrogen (secondary N) is 1. The van der Waals surface area contributed by atoms with Gasteiger partial charge in [-0.3, -0.25) is 9.59 Å². The second kappa shape index (κ2) is 9.14. The normalized spacial score (nSPS) is 14.9. The van der Waals surface area contributed by atoms with E-state index in [0.29, 0.717) is 16.5 Å². The molecule has 0 radical (unpaired) electrons. The summed E-state index contributed by atoms with van der Waals surface area (Å²) >= 11 is 7.43. The highest BCUT2D eigenvalue weighted by Gasteiger charge is 2.26. The minimum absolute atomic E-state index is 0.0215. The Bertz CT molecular complexity index is 1100. The molecule has 9 heteroatoms. The van der Waals surface area contributed by atoms with Crippen LogP contribution in [0.25, 0.3) is 4.96 Å². The molecule has 0 unspecified atom stereocenters. The lowest BCUT2D eigenvalue weighted by molar-refractivity contribution is -0.125. The maximum atomic E-state index is 12.6. The predicted octanol–water partition coefficient (Wildman–Crippen LogP) is 3.29. The largest absolute Gasteiger partial charge is 0.352 e. The highest BCUT2D eigenvalue weighted by molar-refractivity contribution is 7.20. The fourth-order valence-corrected chi connectivity index (χ4v) is 4.86. The van der Waals surface area contributed by atoms with Gasteiger partial charge in [0, 0.05) is 42.3 Å². The third kappa shape index (κ3) is 4.65. The number of carbonyl (C=O) groups is 1. The van der Waals surface area contributed by atoms with Crippen LogP contribution in [0.1, 0.15) is 37.4 Å². The summed E-state index contributed by atoms with van der Waals surface area (Å²) in [5.41, 5.74) is 1.66. The molecule has 0 aliphatic carbocycles. The van der Waals surface area contributed by atoms with E-state index in [0.717, 1.165) is 55.2 Å². The first kappa shape index (κ1) is 20.8. The van der Waals surface area contributed by atoms with Crippen molar-refractivity contribution in [1.29, 1.82) is 0 Å². The Morgan fingerprint density at radius 3 is 2.83 bits per heavy atom. The number of aromatic nitrogens is 3. The Labute approximate surface area is 183 Å². The van der Waals surface area contributed by atoms with Crippen molar-refractivity contribution in [2.45, 2.75) is 39.2 Å². The van der Waals surface area contributed by atoms with Crippen LogP contribution < -0.4 is 15.8 Å². The van der Waals surface area contributed by atoms with Crippen molar-refractivity contribution in [3.8, 4) is 0 Å². The molecule has 1 saturated heterocycles. The van der Waals surface area contributed by atoms with Gasteiger partial charge in [0.05, 0.1) is 0 Å². The number of anilines is 1. The number of halogens is 1. The minimum Gasteiger partial charge on any atom is -0.352 e. The maximum absolute atomic E-state index is 12.6. The number of hydrogen-bond donors (Lipinski definition) is 1. The van der Waals surface area contributed by atoms with Crippen molar-refractivity contribution >= 4 is 38.9 Å². The Hall–Kier alpha value is -2.45. The average Bonchev–Trinajstić information content (AvgIpc) is 3.17. The summed E-state index contributed by atoms with van der Waals surface area (Å²) in [6, 6.07) is 9.07. The molecule has 7 nitrogen and oxygen atoms in total. The van der Waals surface area contributed by atoms with Gasteiger partial charge in [0.2, 0.25) is 16.0 Å². The molecule has 1 aromatic carbocycles. The van der Waals surface area contributed by atoms with E-state index in [2.05, 4.69) is 27.2 Å². The van der Waals surface area contributed by atoms with Crippen LogP contribution in [0.5, 0.6) is 0 Å². The van der Waals surface area contributed by atoms with E-state index in [9.17, 15) is 9.59 Å². The number of nitrogens with zero attached hydrogens (tertiary/aromatic N) is 4. The van der Waals surface area contributed by atoms with E-state index < -0.39 is 0 Å². The van der Waals surface area contributed by atoms with Crippen molar-refractivity contribution in [1.82, 2.24) is 19.9 Å². The summed E-state index contributed by atoms with van der Waals surface area (Å²) in [5, 5.41) is 8.93. The van der Waals surface area contributed by atoms with Crippen LogP contribution in [0.15, 0.2) is 35.1 Å². The smallest absolute Gasteiger partial charge is 0.275 e. The number of aryl methyl sites for hydroxylation is 1. The van der Waals surface area contributed by atoms with Crippen molar-refractivity contribution < 1.29 is 4.79 Å². The molecule has 3 aromatic rings. The van der Waals surface area contributed by atoms with Crippen LogP contribution in [0.3, 0.4) is 0 Å². The summed E-state index contributed by atoms with van der Waals surface area (Å²) in [6.45, 7) is 4.00. The van der Waals surface area contributed by atoms with Crippen LogP contribution in [0.2, 0.25) is 5.02 Å². The van der Waals surface area contributed by atoms with Gasteiger partial charge in [0.25, 0.3) is 5.56 Å². The number of rotatable bonds is 6. The lowest BCUT2D eigenvalue weighted by Crippen LogP contribution is -2.40. The molecule has 1 N–H and O–H groups in total. The summed E-state index contributed by atoms with van der Waals surface area (Å²) in [4.78, 5) is 32.2. The Morgan fingerprint density at radius 2 is 2.10 bits per heavy atom. The van der Waals surface area contributed by atoms with E-state index in [1.807, 2.05) is 24.3 Å². The second-order valence-electron chi connectivity index (χ2n) is 7.52. The van der Waals surface area contributed by atoms with Gasteiger partial charge >= 0.3 is 0 Å². The van der Waals surface area contributed by atoms with E-state index >= 15 is 0 Å². The van der Waals surface area contributed by atoms with Gasteiger partial charge in [-0.25, -0.2) is 4.98 Å². The van der Waals surface area contributed by atoms with E-state index in [4.69, 9.17) is 11.6 Å². The first-order chi connectivity index (χ1) is 14.5. The van der Waals surface area contributed by atoms with E-state index in [1.165, 1.54) is 15.9 Å². The molecule has 1 fully saturated rings. The molecule has 0 saturated carbocycles. The number of amides is 1. The Balaban J connectivity index is 1.36. The minimum atomic E-state index is -0.138. The van der Waals surface area contributed by atoms with Crippen LogP contribution >= 0.6 is 22.9 Å². The monoisotopic (exact) mass is 445 g/mol. The number of hydrogen-bond acceptors (Lipinski definition) is 6. The van der Waals surface area contributed by atoms with Gasteiger partial charge in [-0.15, -0.1) is 5.10 Å². The van der Waals surface area contributed by atoms with Gasteiger partial charge in [0.15, 0.2) is 0 Å². The van der Waals surface area contributed by atoms with E-state index in [1.54, 1.807) is 6.07 Å². The summed E-state index contributed by atoms with van der Waals surface area (Å²) in [6.07, 6.45) is 3.23. The number of benzene rings is 1. The van der Waals surface area contributed by atoms with Crippen LogP contribution in [-0.4, -0.2) is 33.6 Å². The molecule has 3 heterocycles. The Morgan fingerprint density at radius 1 is 1.30 bits per heavy atom. The molecule has 1 aliphatic heterocycles. The molecule has 158 valence electrons. The first-order valence-electron chi connectivity index (χ1n) is 10.2. The summed E-state index contributed by atoms with van der Waals surface area (Å²) in [5.74, 6) is 0.0489. The predicted molar refractivity (Wildman–Crippen MR) is 119 cm³/mol. The van der Waals surface area contributed by atoms with Gasteiger partial charge in [-0.2, -0.15) is 4.52 Å². The fraction of sp³-hybridized carbons (Fsp3) is 0.429. The van der Waals surface area contributed by atoms with Crippen molar-refractivity contribution in [3.05, 3.63) is 57.0 Å². The number of piperidine rings is 1. The molecule has 0 bridgehead atoms. The van der Waals surface area contributed by atoms with Crippen molar-refractivity contribution in [3.63, 3.8) is 0 Å². The highest BCUT2D eigenvalue weighted by Crippen LogP contribution is 2.27. The van der Waals surface area contributed by atoms with Gasteiger partial charge in [-0.05, 0) is 37.0 Å². The van der Waals surface area contributed by atoms with Crippen LogP contribution in [0.4, 0.5) is 5.13 Å². The van der Waals surface area contributed by atoms with E-state index in [-0.39, 0.29) is 17.4 Å². The molecule has 2 aromatic heterocycles. The zero-order chi connectivity index (χ0) is 21.1. The zero-order valence-corrected chi connectivity index (χ0v) is 18.4. The summed E-state index contributed by atoms with van der Waals surface area (Å²) < 4.78 is 1.38. The lowest BCUT2D eigenvalue weighted by Gasteiger charge is -2.30. The van der Waals surface area contributed by atoms with Crippen LogP contribution in [0, 0.1) is 5.92 Å².